The molecule has 0 saturated carbocycles. The molecule has 0 atom stereocenters. The minimum atomic E-state index is -0.936. The molecule has 7 heteroatoms. The Hall–Kier alpha value is -2.38. The van der Waals surface area contributed by atoms with Gasteiger partial charge in [0.2, 0.25) is 0 Å². The lowest BCUT2D eigenvalue weighted by Gasteiger charge is -2.07. The van der Waals surface area contributed by atoms with Gasteiger partial charge in [0.15, 0.2) is 11.6 Å². The SMILES string of the molecule is Cc1ccc(-c2csc3ncn(Cc4cccc(F)c4F)c(=O)c23)s1. The zero-order chi connectivity index (χ0) is 17.6. The highest BCUT2D eigenvalue weighted by molar-refractivity contribution is 7.19. The van der Waals surface area contributed by atoms with E-state index in [1.807, 2.05) is 24.4 Å². The number of fused-ring (bicyclic) bond motifs is 1. The summed E-state index contributed by atoms with van der Waals surface area (Å²) < 4.78 is 28.6. The van der Waals surface area contributed by atoms with Gasteiger partial charge in [-0.15, -0.1) is 22.7 Å². The molecule has 0 bridgehead atoms. The van der Waals surface area contributed by atoms with Crippen LogP contribution >= 0.6 is 22.7 Å². The van der Waals surface area contributed by atoms with Crippen LogP contribution in [0.25, 0.3) is 20.7 Å². The molecule has 126 valence electrons. The number of rotatable bonds is 3. The van der Waals surface area contributed by atoms with Crippen molar-refractivity contribution in [3.63, 3.8) is 0 Å². The lowest BCUT2D eigenvalue weighted by molar-refractivity contribution is 0.494. The Morgan fingerprint density at radius 3 is 2.80 bits per heavy atom. The molecule has 4 aromatic rings. The van der Waals surface area contributed by atoms with Gasteiger partial charge in [-0.05, 0) is 25.1 Å². The van der Waals surface area contributed by atoms with Gasteiger partial charge in [-0.25, -0.2) is 13.8 Å². The van der Waals surface area contributed by atoms with Gasteiger partial charge in [0, 0.05) is 26.3 Å². The highest BCUT2D eigenvalue weighted by Crippen LogP contribution is 2.34. The largest absolute Gasteiger partial charge is 0.294 e. The first-order valence-corrected chi connectivity index (χ1v) is 9.20. The van der Waals surface area contributed by atoms with Gasteiger partial charge in [0.05, 0.1) is 18.3 Å². The van der Waals surface area contributed by atoms with Crippen molar-refractivity contribution >= 4 is 32.9 Å². The van der Waals surface area contributed by atoms with E-state index >= 15 is 0 Å². The first-order chi connectivity index (χ1) is 12.0. The number of hydrogen-bond donors (Lipinski definition) is 0. The van der Waals surface area contributed by atoms with E-state index in [9.17, 15) is 13.6 Å². The predicted octanol–water partition coefficient (Wildman–Crippen LogP) is 4.82. The summed E-state index contributed by atoms with van der Waals surface area (Å²) >= 11 is 3.01. The Morgan fingerprint density at radius 1 is 1.20 bits per heavy atom. The monoisotopic (exact) mass is 374 g/mol. The molecular formula is C18H12F2N2OS2. The molecule has 0 aliphatic rings. The number of aromatic nitrogens is 2. The fraction of sp³-hybridized carbons (Fsp3) is 0.111. The van der Waals surface area contributed by atoms with Crippen molar-refractivity contribution in [1.29, 1.82) is 0 Å². The van der Waals surface area contributed by atoms with Crippen LogP contribution in [0.2, 0.25) is 0 Å². The average Bonchev–Trinajstić information content (AvgIpc) is 3.20. The molecular weight excluding hydrogens is 362 g/mol. The topological polar surface area (TPSA) is 34.9 Å². The predicted molar refractivity (Wildman–Crippen MR) is 97.4 cm³/mol. The molecule has 0 spiro atoms. The molecule has 0 fully saturated rings. The van der Waals surface area contributed by atoms with E-state index in [-0.39, 0.29) is 17.7 Å². The fourth-order valence-corrected chi connectivity index (χ4v) is 4.56. The number of halogens is 2. The molecule has 0 radical (unpaired) electrons. The van der Waals surface area contributed by atoms with Gasteiger partial charge in [0.25, 0.3) is 5.56 Å². The lowest BCUT2D eigenvalue weighted by atomic mass is 10.2. The third-order valence-corrected chi connectivity index (χ3v) is 5.86. The normalized spacial score (nSPS) is 11.3. The van der Waals surface area contributed by atoms with Gasteiger partial charge in [-0.1, -0.05) is 12.1 Å². The maximum atomic E-state index is 13.9. The standard InChI is InChI=1S/C18H12F2N2OS2/c1-10-5-6-14(25-10)12-8-24-17-15(12)18(23)22(9-21-17)7-11-3-2-4-13(19)16(11)20/h2-6,8-9H,7H2,1H3. The smallest absolute Gasteiger partial charge is 0.263 e. The van der Waals surface area contributed by atoms with E-state index in [0.29, 0.717) is 10.2 Å². The van der Waals surface area contributed by atoms with Gasteiger partial charge in [0.1, 0.15) is 4.83 Å². The van der Waals surface area contributed by atoms with Crippen LogP contribution in [0, 0.1) is 18.6 Å². The second-order valence-corrected chi connectivity index (χ2v) is 7.78. The minimum absolute atomic E-state index is 0.0654. The summed E-state index contributed by atoms with van der Waals surface area (Å²) in [6, 6.07) is 7.92. The molecule has 0 unspecified atom stereocenters. The van der Waals surface area contributed by atoms with Crippen molar-refractivity contribution in [3.8, 4) is 10.4 Å². The van der Waals surface area contributed by atoms with E-state index in [0.717, 1.165) is 21.4 Å². The summed E-state index contributed by atoms with van der Waals surface area (Å²) in [6.07, 6.45) is 1.38. The Bertz CT molecular complexity index is 1140. The highest BCUT2D eigenvalue weighted by atomic mass is 32.1. The summed E-state index contributed by atoms with van der Waals surface area (Å²) in [7, 11) is 0. The molecule has 0 amide bonds. The quantitative estimate of drug-likeness (QED) is 0.515. The number of thiophene rings is 2. The number of benzene rings is 1. The van der Waals surface area contributed by atoms with Crippen LogP contribution in [-0.2, 0) is 6.54 Å². The average molecular weight is 374 g/mol. The molecule has 0 aliphatic carbocycles. The van der Waals surface area contributed by atoms with Gasteiger partial charge in [-0.2, -0.15) is 0 Å². The Morgan fingerprint density at radius 2 is 2.04 bits per heavy atom. The maximum absolute atomic E-state index is 13.9. The molecule has 4 rings (SSSR count). The number of hydrogen-bond acceptors (Lipinski definition) is 4. The van der Waals surface area contributed by atoms with E-state index < -0.39 is 11.6 Å². The Labute approximate surface area is 149 Å². The summed E-state index contributed by atoms with van der Waals surface area (Å²) in [5.74, 6) is -1.86. The minimum Gasteiger partial charge on any atom is -0.294 e. The summed E-state index contributed by atoms with van der Waals surface area (Å²) in [5.41, 5.74) is 0.702. The van der Waals surface area contributed by atoms with Gasteiger partial charge < -0.3 is 0 Å². The first kappa shape index (κ1) is 16.1. The van der Waals surface area contributed by atoms with Crippen molar-refractivity contribution in [2.45, 2.75) is 13.5 Å². The van der Waals surface area contributed by atoms with Crippen molar-refractivity contribution in [3.05, 3.63) is 74.5 Å². The van der Waals surface area contributed by atoms with Crippen molar-refractivity contribution in [2.24, 2.45) is 0 Å². The maximum Gasteiger partial charge on any atom is 0.263 e. The second-order valence-electron chi connectivity index (χ2n) is 5.63. The first-order valence-electron chi connectivity index (χ1n) is 7.51. The summed E-state index contributed by atoms with van der Waals surface area (Å²) in [4.78, 5) is 20.0. The zero-order valence-corrected chi connectivity index (χ0v) is 14.8. The van der Waals surface area contributed by atoms with E-state index in [4.69, 9.17) is 0 Å². The molecule has 3 aromatic heterocycles. The van der Waals surface area contributed by atoms with Crippen LogP contribution in [0.5, 0.6) is 0 Å². The number of nitrogens with zero attached hydrogens (tertiary/aromatic N) is 2. The molecule has 0 N–H and O–H groups in total. The third kappa shape index (κ3) is 2.79. The zero-order valence-electron chi connectivity index (χ0n) is 13.1. The molecule has 3 nitrogen and oxygen atoms in total. The van der Waals surface area contributed by atoms with E-state index in [1.54, 1.807) is 11.3 Å². The molecule has 3 heterocycles. The Kier molecular flexibility index (Phi) is 3.97. The van der Waals surface area contributed by atoms with Crippen LogP contribution in [-0.4, -0.2) is 9.55 Å². The molecule has 0 aliphatic heterocycles. The van der Waals surface area contributed by atoms with Crippen LogP contribution < -0.4 is 5.56 Å². The number of aryl methyl sites for hydroxylation is 1. The van der Waals surface area contributed by atoms with Crippen LogP contribution in [0.1, 0.15) is 10.4 Å². The summed E-state index contributed by atoms with van der Waals surface area (Å²) in [5, 5.41) is 2.43. The van der Waals surface area contributed by atoms with Crippen LogP contribution in [0.3, 0.4) is 0 Å². The molecule has 1 aromatic carbocycles. The second kappa shape index (κ2) is 6.16. The van der Waals surface area contributed by atoms with Gasteiger partial charge >= 0.3 is 0 Å². The summed E-state index contributed by atoms with van der Waals surface area (Å²) in [6.45, 7) is 1.94. The fourth-order valence-electron chi connectivity index (χ4n) is 2.69. The van der Waals surface area contributed by atoms with E-state index in [2.05, 4.69) is 4.98 Å². The third-order valence-electron chi connectivity index (χ3n) is 3.94. The van der Waals surface area contributed by atoms with Crippen molar-refractivity contribution < 1.29 is 8.78 Å². The Balaban J connectivity index is 1.85. The van der Waals surface area contributed by atoms with Crippen LogP contribution in [0.4, 0.5) is 8.78 Å². The van der Waals surface area contributed by atoms with Crippen molar-refractivity contribution in [2.75, 3.05) is 0 Å². The molecule has 0 saturated heterocycles. The van der Waals surface area contributed by atoms with Crippen molar-refractivity contribution in [1.82, 2.24) is 9.55 Å². The van der Waals surface area contributed by atoms with Crippen LogP contribution in [0.15, 0.2) is 46.8 Å². The highest BCUT2D eigenvalue weighted by Gasteiger charge is 2.16. The molecule has 25 heavy (non-hydrogen) atoms. The lowest BCUT2D eigenvalue weighted by Crippen LogP contribution is -2.21. The van der Waals surface area contributed by atoms with Gasteiger partial charge in [-0.3, -0.25) is 9.36 Å². The van der Waals surface area contributed by atoms with E-state index in [1.165, 1.54) is 34.4 Å².